The van der Waals surface area contributed by atoms with Crippen molar-refractivity contribution in [2.24, 2.45) is 17.8 Å². The van der Waals surface area contributed by atoms with Gasteiger partial charge in [-0.15, -0.1) is 0 Å². The first-order valence-corrected chi connectivity index (χ1v) is 4.55. The summed E-state index contributed by atoms with van der Waals surface area (Å²) < 4.78 is 5.07. The first kappa shape index (κ1) is 8.69. The van der Waals surface area contributed by atoms with Crippen molar-refractivity contribution in [2.75, 3.05) is 13.7 Å². The van der Waals surface area contributed by atoms with E-state index >= 15 is 0 Å². The van der Waals surface area contributed by atoms with Crippen molar-refractivity contribution < 1.29 is 9.66 Å². The Kier molecular flexibility index (Phi) is 2.07. The molecule has 0 heterocycles. The monoisotopic (exact) mass is 183 g/mol. The smallest absolute Gasteiger partial charge is 0.220 e. The molecule has 2 aliphatic carbocycles. The largest absolute Gasteiger partial charge is 0.384 e. The molecule has 4 nitrogen and oxygen atoms in total. The summed E-state index contributed by atoms with van der Waals surface area (Å²) >= 11 is 0. The summed E-state index contributed by atoms with van der Waals surface area (Å²) in [5.41, 5.74) is 0. The summed E-state index contributed by atoms with van der Waals surface area (Å²) in [6.07, 6.45) is 4.79. The quantitative estimate of drug-likeness (QED) is 0.374. The molecule has 13 heavy (non-hydrogen) atoms. The Bertz CT molecular complexity index is 251. The number of hydrogen-bond donors (Lipinski definition) is 0. The van der Waals surface area contributed by atoms with Gasteiger partial charge in [0.25, 0.3) is 0 Å². The molecule has 0 radical (unpaired) electrons. The molecule has 0 aromatic carbocycles. The lowest BCUT2D eigenvalue weighted by molar-refractivity contribution is -0.527. The van der Waals surface area contributed by atoms with Crippen LogP contribution >= 0.6 is 0 Å². The lowest BCUT2D eigenvalue weighted by atomic mass is 9.97. The summed E-state index contributed by atoms with van der Waals surface area (Å²) in [5, 5.41) is 10.7. The van der Waals surface area contributed by atoms with E-state index in [0.717, 1.165) is 0 Å². The Morgan fingerprint density at radius 3 is 2.92 bits per heavy atom. The Morgan fingerprint density at radius 1 is 1.62 bits per heavy atom. The molecule has 2 rings (SSSR count). The molecule has 2 aliphatic rings. The zero-order valence-corrected chi connectivity index (χ0v) is 7.55. The van der Waals surface area contributed by atoms with Gasteiger partial charge in [-0.2, -0.15) is 0 Å². The molecular weight excluding hydrogens is 170 g/mol. The lowest BCUT2D eigenvalue weighted by Gasteiger charge is -2.13. The van der Waals surface area contributed by atoms with Crippen LogP contribution in [0.3, 0.4) is 0 Å². The van der Waals surface area contributed by atoms with Crippen LogP contribution in [0.2, 0.25) is 0 Å². The maximum absolute atomic E-state index is 10.7. The van der Waals surface area contributed by atoms with E-state index in [1.165, 1.54) is 0 Å². The summed E-state index contributed by atoms with van der Waals surface area (Å²) in [6.45, 7) is 0.646. The predicted molar refractivity (Wildman–Crippen MR) is 46.9 cm³/mol. The second-order valence-corrected chi connectivity index (χ2v) is 3.83. The third-order valence-electron chi connectivity index (χ3n) is 3.21. The van der Waals surface area contributed by atoms with Crippen molar-refractivity contribution in [3.8, 4) is 0 Å². The zero-order chi connectivity index (χ0) is 9.42. The van der Waals surface area contributed by atoms with Crippen molar-refractivity contribution in [3.05, 3.63) is 22.3 Å². The maximum Gasteiger partial charge on any atom is 0.220 e. The zero-order valence-electron chi connectivity index (χ0n) is 7.55. The van der Waals surface area contributed by atoms with Gasteiger partial charge in [0, 0.05) is 24.4 Å². The number of allylic oxidation sites excluding steroid dienone is 1. The van der Waals surface area contributed by atoms with Crippen LogP contribution < -0.4 is 0 Å². The Balaban J connectivity index is 2.10. The van der Waals surface area contributed by atoms with Gasteiger partial charge in [0.15, 0.2) is 0 Å². The number of nitrogens with zero attached hydrogens (tertiary/aromatic N) is 1. The SMILES string of the molecule is COC[C@@H]1[C@@H]2C=C[C@H]1C[C@H]2[N+](=O)[O-]. The highest BCUT2D eigenvalue weighted by Gasteiger charge is 2.50. The van der Waals surface area contributed by atoms with E-state index in [-0.39, 0.29) is 16.9 Å². The van der Waals surface area contributed by atoms with Crippen molar-refractivity contribution in [2.45, 2.75) is 12.5 Å². The topological polar surface area (TPSA) is 52.4 Å². The molecule has 0 aromatic rings. The number of hydrogen-bond acceptors (Lipinski definition) is 3. The van der Waals surface area contributed by atoms with Gasteiger partial charge in [-0.3, -0.25) is 10.1 Å². The van der Waals surface area contributed by atoms with Crippen molar-refractivity contribution in [1.29, 1.82) is 0 Å². The van der Waals surface area contributed by atoms with Crippen LogP contribution in [0.4, 0.5) is 0 Å². The number of ether oxygens (including phenoxy) is 1. The second-order valence-electron chi connectivity index (χ2n) is 3.83. The van der Waals surface area contributed by atoms with Crippen LogP contribution in [0, 0.1) is 27.9 Å². The average Bonchev–Trinajstić information content (AvgIpc) is 2.63. The molecule has 4 heteroatoms. The van der Waals surface area contributed by atoms with Crippen LogP contribution in [0.5, 0.6) is 0 Å². The minimum absolute atomic E-state index is 0.111. The van der Waals surface area contributed by atoms with Gasteiger partial charge in [0.05, 0.1) is 12.5 Å². The Labute approximate surface area is 76.7 Å². The molecule has 0 amide bonds. The van der Waals surface area contributed by atoms with Gasteiger partial charge in [-0.05, 0) is 5.92 Å². The second kappa shape index (κ2) is 3.10. The van der Waals surface area contributed by atoms with E-state index in [9.17, 15) is 10.1 Å². The number of rotatable bonds is 3. The number of fused-ring (bicyclic) bond motifs is 2. The van der Waals surface area contributed by atoms with Crippen LogP contribution in [0.25, 0.3) is 0 Å². The number of methoxy groups -OCH3 is 1. The maximum atomic E-state index is 10.7. The minimum Gasteiger partial charge on any atom is -0.384 e. The molecule has 0 aromatic heterocycles. The highest BCUT2D eigenvalue weighted by atomic mass is 16.6. The molecule has 0 saturated heterocycles. The van der Waals surface area contributed by atoms with Crippen LogP contribution in [-0.4, -0.2) is 24.7 Å². The van der Waals surface area contributed by atoms with Gasteiger partial charge >= 0.3 is 0 Å². The van der Waals surface area contributed by atoms with Crippen LogP contribution in [0.1, 0.15) is 6.42 Å². The lowest BCUT2D eigenvalue weighted by Crippen LogP contribution is -2.26. The fourth-order valence-electron chi connectivity index (χ4n) is 2.60. The van der Waals surface area contributed by atoms with E-state index in [4.69, 9.17) is 4.74 Å². The minimum atomic E-state index is -0.366. The highest BCUT2D eigenvalue weighted by Crippen LogP contribution is 2.45. The summed E-state index contributed by atoms with van der Waals surface area (Å²) in [4.78, 5) is 10.5. The predicted octanol–water partition coefficient (Wildman–Crippen LogP) is 1.10. The Morgan fingerprint density at radius 2 is 2.38 bits per heavy atom. The highest BCUT2D eigenvalue weighted by molar-refractivity contribution is 5.15. The van der Waals surface area contributed by atoms with Gasteiger partial charge in [-0.1, -0.05) is 12.2 Å². The molecule has 4 atom stereocenters. The molecule has 0 N–H and O–H groups in total. The van der Waals surface area contributed by atoms with E-state index < -0.39 is 0 Å². The van der Waals surface area contributed by atoms with E-state index in [1.807, 2.05) is 6.08 Å². The molecule has 0 unspecified atom stereocenters. The third-order valence-corrected chi connectivity index (χ3v) is 3.21. The molecule has 1 fully saturated rings. The van der Waals surface area contributed by atoms with Crippen LogP contribution in [-0.2, 0) is 4.74 Å². The van der Waals surface area contributed by atoms with Gasteiger partial charge in [0.1, 0.15) is 0 Å². The first-order chi connectivity index (χ1) is 6.24. The van der Waals surface area contributed by atoms with Crippen LogP contribution in [0.15, 0.2) is 12.2 Å². The van der Waals surface area contributed by atoms with Gasteiger partial charge < -0.3 is 4.74 Å². The summed E-state index contributed by atoms with van der Waals surface area (Å²) in [6, 6.07) is -0.366. The van der Waals surface area contributed by atoms with E-state index in [2.05, 4.69) is 6.08 Å². The normalized spacial score (nSPS) is 41.3. The van der Waals surface area contributed by atoms with Crippen molar-refractivity contribution >= 4 is 0 Å². The van der Waals surface area contributed by atoms with Crippen molar-refractivity contribution in [3.63, 3.8) is 0 Å². The fourth-order valence-corrected chi connectivity index (χ4v) is 2.60. The standard InChI is InChI=1S/C9H13NO3/c1-13-5-8-6-2-3-7(8)9(4-6)10(11)12/h2-3,6-9H,4-5H2,1H3/t6-,7-,8-,9+/m0/s1. The van der Waals surface area contributed by atoms with E-state index in [0.29, 0.717) is 24.9 Å². The number of nitro groups is 1. The average molecular weight is 183 g/mol. The molecule has 72 valence electrons. The molecule has 0 aliphatic heterocycles. The first-order valence-electron chi connectivity index (χ1n) is 4.55. The molecular formula is C9H13NO3. The Hall–Kier alpha value is -0.900. The van der Waals surface area contributed by atoms with Crippen molar-refractivity contribution in [1.82, 2.24) is 0 Å². The summed E-state index contributed by atoms with van der Waals surface area (Å²) in [7, 11) is 1.65. The summed E-state index contributed by atoms with van der Waals surface area (Å²) in [5.74, 6) is 0.834. The molecule has 2 bridgehead atoms. The molecule has 0 spiro atoms. The fraction of sp³-hybridized carbons (Fsp3) is 0.778. The van der Waals surface area contributed by atoms with Gasteiger partial charge in [0.2, 0.25) is 6.04 Å². The van der Waals surface area contributed by atoms with E-state index in [1.54, 1.807) is 7.11 Å². The molecule has 1 saturated carbocycles. The third kappa shape index (κ3) is 1.25. The van der Waals surface area contributed by atoms with Gasteiger partial charge in [-0.25, -0.2) is 0 Å².